The minimum atomic E-state index is -1.05. The molecular weight excluding hydrogens is 384 g/mol. The lowest BCUT2D eigenvalue weighted by atomic mass is 10.0. The number of nitrogens with zero attached hydrogens (tertiary/aromatic N) is 2. The van der Waals surface area contributed by atoms with Crippen LogP contribution in [0.5, 0.6) is 0 Å². The molecule has 2 aliphatic rings. The lowest BCUT2D eigenvalue weighted by Gasteiger charge is -2.32. The van der Waals surface area contributed by atoms with E-state index in [4.69, 9.17) is 0 Å². The highest BCUT2D eigenvalue weighted by Gasteiger charge is 2.28. The molecule has 156 valence electrons. The molecule has 0 bridgehead atoms. The van der Waals surface area contributed by atoms with Gasteiger partial charge in [-0.2, -0.15) is 0 Å². The number of aromatic nitrogens is 1. The smallest absolute Gasteiger partial charge is 0.335 e. The van der Waals surface area contributed by atoms with Crippen LogP contribution in [0.2, 0.25) is 0 Å². The summed E-state index contributed by atoms with van der Waals surface area (Å²) in [5.74, 6) is -1.36. The van der Waals surface area contributed by atoms with Crippen molar-refractivity contribution in [3.8, 4) is 0 Å². The summed E-state index contributed by atoms with van der Waals surface area (Å²) in [6.45, 7) is 6.76. The average Bonchev–Trinajstić information content (AvgIpc) is 3.17. The first kappa shape index (κ1) is 19.9. The van der Waals surface area contributed by atoms with E-state index in [0.29, 0.717) is 41.2 Å². The van der Waals surface area contributed by atoms with Gasteiger partial charge in [0.2, 0.25) is 0 Å². The molecule has 0 saturated carbocycles. The number of benzene rings is 1. The van der Waals surface area contributed by atoms with Gasteiger partial charge < -0.3 is 25.2 Å². The molecule has 2 amide bonds. The number of fused-ring (bicyclic) bond motifs is 1. The van der Waals surface area contributed by atoms with Crippen LogP contribution < -0.4 is 5.32 Å². The Labute approximate surface area is 174 Å². The summed E-state index contributed by atoms with van der Waals surface area (Å²) in [6.07, 6.45) is 1.69. The van der Waals surface area contributed by atoms with E-state index in [1.54, 1.807) is 12.1 Å². The molecule has 0 unspecified atom stereocenters. The number of anilines is 1. The van der Waals surface area contributed by atoms with Gasteiger partial charge in [-0.05, 0) is 50.7 Å². The number of carbonyl (C=O) groups is 3. The lowest BCUT2D eigenvalue weighted by Crippen LogP contribution is -2.47. The van der Waals surface area contributed by atoms with Crippen LogP contribution in [0.4, 0.5) is 5.69 Å². The summed E-state index contributed by atoms with van der Waals surface area (Å²) >= 11 is 0. The number of hydrogen-bond acceptors (Lipinski definition) is 4. The van der Waals surface area contributed by atoms with E-state index in [-0.39, 0.29) is 17.4 Å². The van der Waals surface area contributed by atoms with E-state index in [1.807, 2.05) is 25.8 Å². The fraction of sp³-hybridized carbons (Fsp3) is 0.318. The number of nitrogens with one attached hydrogen (secondary N) is 2. The Morgan fingerprint density at radius 3 is 2.50 bits per heavy atom. The van der Waals surface area contributed by atoms with Gasteiger partial charge in [0.15, 0.2) is 0 Å². The zero-order chi connectivity index (χ0) is 21.6. The van der Waals surface area contributed by atoms with Gasteiger partial charge in [-0.25, -0.2) is 4.79 Å². The number of carboxylic acid groups (broad SMARTS) is 1. The van der Waals surface area contributed by atoms with Crippen molar-refractivity contribution in [3.63, 3.8) is 0 Å². The van der Waals surface area contributed by atoms with E-state index in [9.17, 15) is 19.5 Å². The number of aryl methyl sites for hydroxylation is 1. The van der Waals surface area contributed by atoms with Crippen LogP contribution in [-0.4, -0.2) is 70.9 Å². The first-order valence-corrected chi connectivity index (χ1v) is 9.84. The molecule has 1 aromatic carbocycles. The molecule has 8 nitrogen and oxygen atoms in total. The van der Waals surface area contributed by atoms with Crippen molar-refractivity contribution in [1.82, 2.24) is 14.8 Å². The third kappa shape index (κ3) is 3.39. The number of H-pyrrole nitrogens is 1. The topological polar surface area (TPSA) is 106 Å². The highest BCUT2D eigenvalue weighted by Crippen LogP contribution is 2.35. The highest BCUT2D eigenvalue weighted by molar-refractivity contribution is 6.35. The standard InChI is InChI=1S/C22H24N4O4/c1-12-18(23-13(2)19(12)21(28)26-8-6-25(3)7-9-26)11-16-15-10-14(22(29)30)4-5-17(15)24-20(16)27/h4-5,10-11,23H,6-9H2,1-3H3,(H,24,27)(H,29,30). The number of carbonyl (C=O) groups excluding carboxylic acids is 2. The Bertz CT molecular complexity index is 1090. The van der Waals surface area contributed by atoms with Crippen LogP contribution in [0.15, 0.2) is 18.2 Å². The second kappa shape index (κ2) is 7.46. The largest absolute Gasteiger partial charge is 0.478 e. The lowest BCUT2D eigenvalue weighted by molar-refractivity contribution is -0.110. The predicted molar refractivity (Wildman–Crippen MR) is 114 cm³/mol. The van der Waals surface area contributed by atoms with Gasteiger partial charge in [-0.15, -0.1) is 0 Å². The van der Waals surface area contributed by atoms with Gasteiger partial charge in [-0.3, -0.25) is 9.59 Å². The minimum absolute atomic E-state index is 0.0107. The zero-order valence-corrected chi connectivity index (χ0v) is 17.2. The van der Waals surface area contributed by atoms with Gasteiger partial charge in [0.1, 0.15) is 0 Å². The summed E-state index contributed by atoms with van der Waals surface area (Å²) in [5, 5.41) is 12.0. The molecule has 30 heavy (non-hydrogen) atoms. The number of rotatable bonds is 3. The summed E-state index contributed by atoms with van der Waals surface area (Å²) in [4.78, 5) is 44.2. The fourth-order valence-corrected chi connectivity index (χ4v) is 4.02. The molecule has 3 heterocycles. The molecule has 0 spiro atoms. The Morgan fingerprint density at radius 2 is 1.83 bits per heavy atom. The van der Waals surface area contributed by atoms with Crippen LogP contribution in [0.3, 0.4) is 0 Å². The molecule has 3 N–H and O–H groups in total. The van der Waals surface area contributed by atoms with E-state index in [0.717, 1.165) is 24.3 Å². The maximum absolute atomic E-state index is 13.1. The Balaban J connectivity index is 1.70. The number of aromatic carboxylic acids is 1. The Morgan fingerprint density at radius 1 is 1.13 bits per heavy atom. The highest BCUT2D eigenvalue weighted by atomic mass is 16.4. The van der Waals surface area contributed by atoms with Gasteiger partial charge >= 0.3 is 5.97 Å². The maximum atomic E-state index is 13.1. The molecule has 2 aromatic rings. The van der Waals surface area contributed by atoms with Gasteiger partial charge in [0.05, 0.1) is 16.7 Å². The minimum Gasteiger partial charge on any atom is -0.478 e. The van der Waals surface area contributed by atoms with Crippen LogP contribution in [0, 0.1) is 13.8 Å². The Hall–Kier alpha value is -3.39. The quantitative estimate of drug-likeness (QED) is 0.676. The molecule has 2 aliphatic heterocycles. The summed E-state index contributed by atoms with van der Waals surface area (Å²) < 4.78 is 0. The normalized spacial score (nSPS) is 17.9. The van der Waals surface area contributed by atoms with E-state index in [1.165, 1.54) is 12.1 Å². The Kier molecular flexibility index (Phi) is 4.95. The first-order valence-electron chi connectivity index (χ1n) is 9.84. The second-order valence-electron chi connectivity index (χ2n) is 7.84. The van der Waals surface area contributed by atoms with E-state index in [2.05, 4.69) is 15.2 Å². The second-order valence-corrected chi connectivity index (χ2v) is 7.84. The summed E-state index contributed by atoms with van der Waals surface area (Å²) in [5.41, 5.74) is 4.43. The van der Waals surface area contributed by atoms with Crippen molar-refractivity contribution in [2.75, 3.05) is 38.5 Å². The summed E-state index contributed by atoms with van der Waals surface area (Å²) in [6, 6.07) is 4.54. The van der Waals surface area contributed by atoms with E-state index >= 15 is 0 Å². The number of aromatic amines is 1. The van der Waals surface area contributed by atoms with Gasteiger partial charge in [-0.1, -0.05) is 0 Å². The number of hydrogen-bond donors (Lipinski definition) is 3. The van der Waals surface area contributed by atoms with Crippen LogP contribution in [-0.2, 0) is 4.79 Å². The molecular formula is C22H24N4O4. The van der Waals surface area contributed by atoms with Crippen LogP contribution in [0.1, 0.15) is 43.2 Å². The van der Waals surface area contributed by atoms with Gasteiger partial charge in [0, 0.05) is 48.8 Å². The molecule has 1 aromatic heterocycles. The third-order valence-electron chi connectivity index (χ3n) is 5.82. The summed E-state index contributed by atoms with van der Waals surface area (Å²) in [7, 11) is 2.04. The molecule has 0 atom stereocenters. The van der Waals surface area contributed by atoms with Crippen molar-refractivity contribution >= 4 is 35.1 Å². The molecule has 0 aliphatic carbocycles. The number of carboxylic acids is 1. The third-order valence-corrected chi connectivity index (χ3v) is 5.82. The molecule has 8 heteroatoms. The number of piperazine rings is 1. The molecule has 4 rings (SSSR count). The van der Waals surface area contributed by atoms with Crippen molar-refractivity contribution in [1.29, 1.82) is 0 Å². The molecule has 0 radical (unpaired) electrons. The van der Waals surface area contributed by atoms with Gasteiger partial charge in [0.25, 0.3) is 11.8 Å². The van der Waals surface area contributed by atoms with Crippen LogP contribution in [0.25, 0.3) is 11.6 Å². The average molecular weight is 408 g/mol. The van der Waals surface area contributed by atoms with Crippen molar-refractivity contribution in [2.24, 2.45) is 0 Å². The first-order chi connectivity index (χ1) is 14.3. The predicted octanol–water partition coefficient (Wildman–Crippen LogP) is 2.21. The molecule has 1 fully saturated rings. The zero-order valence-electron chi connectivity index (χ0n) is 17.2. The van der Waals surface area contributed by atoms with Crippen molar-refractivity contribution in [2.45, 2.75) is 13.8 Å². The SMILES string of the molecule is Cc1[nH]c(C=C2C(=O)Nc3ccc(C(=O)O)cc32)c(C)c1C(=O)N1CCN(C)CC1. The van der Waals surface area contributed by atoms with Crippen molar-refractivity contribution < 1.29 is 19.5 Å². The number of amides is 2. The van der Waals surface area contributed by atoms with E-state index < -0.39 is 5.97 Å². The van der Waals surface area contributed by atoms with Crippen molar-refractivity contribution in [3.05, 3.63) is 51.8 Å². The molecule has 1 saturated heterocycles. The van der Waals surface area contributed by atoms with Crippen LogP contribution >= 0.6 is 0 Å². The fourth-order valence-electron chi connectivity index (χ4n) is 4.02. The monoisotopic (exact) mass is 408 g/mol. The maximum Gasteiger partial charge on any atom is 0.335 e. The number of likely N-dealkylation sites (N-methyl/N-ethyl adjacent to an activating group) is 1.